The molecule has 5 nitrogen and oxygen atoms in total. The van der Waals surface area contributed by atoms with Crippen molar-refractivity contribution in [2.75, 3.05) is 17.3 Å². The lowest BCUT2D eigenvalue weighted by atomic mass is 10.2. The number of halogens is 3. The highest BCUT2D eigenvalue weighted by molar-refractivity contribution is 7.94. The third kappa shape index (κ3) is 3.84. The van der Waals surface area contributed by atoms with E-state index in [9.17, 15) is 26.4 Å². The van der Waals surface area contributed by atoms with Crippen LogP contribution in [0.5, 0.6) is 5.75 Å². The van der Waals surface area contributed by atoms with Gasteiger partial charge in [-0.2, -0.15) is 13.2 Å². The van der Waals surface area contributed by atoms with Crippen LogP contribution in [0.15, 0.2) is 35.7 Å². The molecule has 126 valence electrons. The first-order valence-electron chi connectivity index (χ1n) is 6.69. The molecule has 0 N–H and O–H groups in total. The zero-order valence-electron chi connectivity index (χ0n) is 12.1. The van der Waals surface area contributed by atoms with Gasteiger partial charge in [-0.25, -0.2) is 8.42 Å². The fourth-order valence-electron chi connectivity index (χ4n) is 2.23. The quantitative estimate of drug-likeness (QED) is 0.837. The van der Waals surface area contributed by atoms with Gasteiger partial charge < -0.3 is 4.74 Å². The molecule has 2 rings (SSSR count). The van der Waals surface area contributed by atoms with Crippen LogP contribution in [0.4, 0.5) is 18.9 Å². The normalized spacial score (nSPS) is 19.6. The SMILES string of the molecule is CCOc1ccccc1N(C(=O)C(F)(F)F)C1C=CS(=O)(=O)C1. The summed E-state index contributed by atoms with van der Waals surface area (Å²) in [5, 5.41) is 0.817. The lowest BCUT2D eigenvalue weighted by Gasteiger charge is -2.29. The number of carbonyl (C=O) groups excluding carboxylic acids is 1. The van der Waals surface area contributed by atoms with Gasteiger partial charge in [-0.15, -0.1) is 0 Å². The van der Waals surface area contributed by atoms with Gasteiger partial charge in [0.15, 0.2) is 9.84 Å². The molecule has 0 aliphatic carbocycles. The van der Waals surface area contributed by atoms with E-state index < -0.39 is 33.7 Å². The van der Waals surface area contributed by atoms with Crippen LogP contribution in [-0.4, -0.2) is 38.9 Å². The molecule has 0 bridgehead atoms. The molecule has 1 aromatic carbocycles. The third-order valence-corrected chi connectivity index (χ3v) is 4.51. The van der Waals surface area contributed by atoms with E-state index in [0.717, 1.165) is 11.5 Å². The van der Waals surface area contributed by atoms with Gasteiger partial charge in [0.1, 0.15) is 5.75 Å². The topological polar surface area (TPSA) is 63.7 Å². The molecule has 1 atom stereocenters. The summed E-state index contributed by atoms with van der Waals surface area (Å²) in [5.41, 5.74) is -0.122. The van der Waals surface area contributed by atoms with Gasteiger partial charge in [0, 0.05) is 5.41 Å². The summed E-state index contributed by atoms with van der Waals surface area (Å²) >= 11 is 0. The molecule has 1 aliphatic heterocycles. The Kier molecular flexibility index (Phi) is 4.69. The van der Waals surface area contributed by atoms with Gasteiger partial charge in [-0.3, -0.25) is 9.69 Å². The van der Waals surface area contributed by atoms with E-state index in [2.05, 4.69) is 0 Å². The zero-order valence-corrected chi connectivity index (χ0v) is 12.9. The monoisotopic (exact) mass is 349 g/mol. The predicted octanol–water partition coefficient (Wildman–Crippen LogP) is 2.29. The van der Waals surface area contributed by atoms with Gasteiger partial charge >= 0.3 is 12.1 Å². The summed E-state index contributed by atoms with van der Waals surface area (Å²) < 4.78 is 67.1. The summed E-state index contributed by atoms with van der Waals surface area (Å²) in [6.07, 6.45) is -4.07. The molecule has 1 unspecified atom stereocenters. The Morgan fingerprint density at radius 3 is 2.52 bits per heavy atom. The molecule has 1 aromatic rings. The Balaban J connectivity index is 2.51. The first kappa shape index (κ1) is 17.3. The number of benzene rings is 1. The second-order valence-electron chi connectivity index (χ2n) is 4.80. The van der Waals surface area contributed by atoms with Crippen molar-refractivity contribution in [3.05, 3.63) is 35.7 Å². The average Bonchev–Trinajstić information content (AvgIpc) is 2.80. The minimum absolute atomic E-state index is 0.0743. The fraction of sp³-hybridized carbons (Fsp3) is 0.357. The minimum Gasteiger partial charge on any atom is -0.492 e. The Bertz CT molecular complexity index is 728. The first-order valence-corrected chi connectivity index (χ1v) is 8.40. The van der Waals surface area contributed by atoms with E-state index in [4.69, 9.17) is 4.74 Å². The summed E-state index contributed by atoms with van der Waals surface area (Å²) in [6.45, 7) is 1.83. The Morgan fingerprint density at radius 2 is 2.00 bits per heavy atom. The first-order chi connectivity index (χ1) is 10.7. The molecular formula is C14H14F3NO4S. The number of para-hydroxylation sites is 2. The summed E-state index contributed by atoms with van der Waals surface area (Å²) in [4.78, 5) is 12.3. The van der Waals surface area contributed by atoms with Gasteiger partial charge in [-0.1, -0.05) is 12.1 Å². The van der Waals surface area contributed by atoms with Crippen LogP contribution in [0.3, 0.4) is 0 Å². The molecule has 0 fully saturated rings. The molecule has 0 radical (unpaired) electrons. The molecule has 9 heteroatoms. The van der Waals surface area contributed by atoms with Crippen LogP contribution in [0.1, 0.15) is 6.92 Å². The number of amides is 1. The minimum atomic E-state index is -5.14. The van der Waals surface area contributed by atoms with Crippen molar-refractivity contribution >= 4 is 21.4 Å². The van der Waals surface area contributed by atoms with Crippen molar-refractivity contribution in [3.8, 4) is 5.75 Å². The number of ether oxygens (including phenoxy) is 1. The second-order valence-corrected chi connectivity index (χ2v) is 6.73. The van der Waals surface area contributed by atoms with Gasteiger partial charge in [0.05, 0.1) is 24.1 Å². The molecule has 0 saturated carbocycles. The summed E-state index contributed by atoms with van der Waals surface area (Å²) in [6, 6.07) is 4.46. The number of anilines is 1. The maximum Gasteiger partial charge on any atom is 0.471 e. The molecule has 1 amide bonds. The van der Waals surface area contributed by atoms with E-state index in [0.29, 0.717) is 4.90 Å². The van der Waals surface area contributed by atoms with E-state index in [1.807, 2.05) is 0 Å². The standard InChI is InChI=1S/C14H14F3NO4S/c1-2-22-12-6-4-3-5-11(12)18(13(19)14(15,16)17)10-7-8-23(20,21)9-10/h3-8,10H,2,9H2,1H3. The lowest BCUT2D eigenvalue weighted by Crippen LogP contribution is -2.48. The highest BCUT2D eigenvalue weighted by Gasteiger charge is 2.47. The number of nitrogens with zero attached hydrogens (tertiary/aromatic N) is 1. The number of sulfone groups is 1. The maximum absolute atomic E-state index is 12.9. The molecule has 0 saturated heterocycles. The molecule has 0 aromatic heterocycles. The molecule has 0 spiro atoms. The van der Waals surface area contributed by atoms with Crippen molar-refractivity contribution < 1.29 is 31.1 Å². The van der Waals surface area contributed by atoms with Crippen molar-refractivity contribution in [2.24, 2.45) is 0 Å². The van der Waals surface area contributed by atoms with Gasteiger partial charge in [0.25, 0.3) is 0 Å². The number of hydrogen-bond donors (Lipinski definition) is 0. The Morgan fingerprint density at radius 1 is 1.35 bits per heavy atom. The number of alkyl halides is 3. The number of rotatable bonds is 4. The largest absolute Gasteiger partial charge is 0.492 e. The van der Waals surface area contributed by atoms with E-state index in [1.165, 1.54) is 18.2 Å². The molecule has 23 heavy (non-hydrogen) atoms. The van der Waals surface area contributed by atoms with E-state index >= 15 is 0 Å². The van der Waals surface area contributed by atoms with Crippen LogP contribution in [0.25, 0.3) is 0 Å². The average molecular weight is 349 g/mol. The highest BCUT2D eigenvalue weighted by atomic mass is 32.2. The van der Waals surface area contributed by atoms with Crippen LogP contribution in [-0.2, 0) is 14.6 Å². The fourth-order valence-corrected chi connectivity index (χ4v) is 3.50. The number of hydrogen-bond acceptors (Lipinski definition) is 4. The summed E-state index contributed by atoms with van der Waals surface area (Å²) in [7, 11) is -3.64. The van der Waals surface area contributed by atoms with Crippen molar-refractivity contribution in [3.63, 3.8) is 0 Å². The Hall–Kier alpha value is -2.03. The highest BCUT2D eigenvalue weighted by Crippen LogP contribution is 2.34. The van der Waals surface area contributed by atoms with E-state index in [1.54, 1.807) is 13.0 Å². The van der Waals surface area contributed by atoms with Crippen LogP contribution in [0.2, 0.25) is 0 Å². The van der Waals surface area contributed by atoms with E-state index in [-0.39, 0.29) is 18.0 Å². The zero-order chi connectivity index (χ0) is 17.3. The van der Waals surface area contributed by atoms with Crippen molar-refractivity contribution in [2.45, 2.75) is 19.1 Å². The van der Waals surface area contributed by atoms with Gasteiger partial charge in [-0.05, 0) is 25.1 Å². The smallest absolute Gasteiger partial charge is 0.471 e. The van der Waals surface area contributed by atoms with Crippen LogP contribution < -0.4 is 9.64 Å². The predicted molar refractivity (Wildman–Crippen MR) is 77.9 cm³/mol. The van der Waals surface area contributed by atoms with Gasteiger partial charge in [0.2, 0.25) is 0 Å². The molecule has 1 heterocycles. The number of carbonyl (C=O) groups is 1. The van der Waals surface area contributed by atoms with Crippen molar-refractivity contribution in [1.29, 1.82) is 0 Å². The second kappa shape index (κ2) is 6.23. The Labute approximate surface area is 131 Å². The lowest BCUT2D eigenvalue weighted by molar-refractivity contribution is -0.170. The van der Waals surface area contributed by atoms with Crippen LogP contribution >= 0.6 is 0 Å². The third-order valence-electron chi connectivity index (χ3n) is 3.13. The summed E-state index contributed by atoms with van der Waals surface area (Å²) in [5.74, 6) is -2.67. The van der Waals surface area contributed by atoms with Crippen LogP contribution in [0, 0.1) is 0 Å². The molecule has 1 aliphatic rings. The molecular weight excluding hydrogens is 335 g/mol. The maximum atomic E-state index is 12.9. The van der Waals surface area contributed by atoms with Crippen molar-refractivity contribution in [1.82, 2.24) is 0 Å².